The van der Waals surface area contributed by atoms with Gasteiger partial charge in [0, 0.05) is 28.2 Å². The van der Waals surface area contributed by atoms with Gasteiger partial charge in [0.2, 0.25) is 0 Å². The standard InChI is InChI=1S/C27H28N2O4S/c1-26(2,3)33-25(32)28-15-27(11-12-27)18-7-4-16(5-8-18)21-17(14-30)6-9-20-22(21)19-10-13-34-23(19)24(31)29-20/h4-10,13,30H,11-12,14-15H2,1-3H3,(H,28,32)(H,29,31). The highest BCUT2D eigenvalue weighted by molar-refractivity contribution is 7.17. The van der Waals surface area contributed by atoms with Crippen LogP contribution in [0.25, 0.3) is 32.1 Å². The van der Waals surface area contributed by atoms with Crippen LogP contribution in [0.15, 0.2) is 52.6 Å². The Morgan fingerprint density at radius 2 is 1.88 bits per heavy atom. The number of fused-ring (bicyclic) bond motifs is 3. The molecule has 2 aromatic carbocycles. The van der Waals surface area contributed by atoms with Crippen LogP contribution in [-0.4, -0.2) is 28.3 Å². The monoisotopic (exact) mass is 476 g/mol. The number of amides is 1. The van der Waals surface area contributed by atoms with Crippen LogP contribution < -0.4 is 10.9 Å². The van der Waals surface area contributed by atoms with Gasteiger partial charge in [0.05, 0.1) is 6.61 Å². The number of carbonyl (C=O) groups excluding carboxylic acids is 1. The molecule has 1 fully saturated rings. The molecule has 2 heterocycles. The maximum absolute atomic E-state index is 12.5. The van der Waals surface area contributed by atoms with Crippen LogP contribution in [0.5, 0.6) is 0 Å². The van der Waals surface area contributed by atoms with Gasteiger partial charge < -0.3 is 20.1 Å². The van der Waals surface area contributed by atoms with Crippen LogP contribution in [-0.2, 0) is 16.8 Å². The van der Waals surface area contributed by atoms with Crippen molar-refractivity contribution in [2.75, 3.05) is 6.54 Å². The van der Waals surface area contributed by atoms with E-state index in [-0.39, 0.29) is 17.6 Å². The number of pyridine rings is 1. The first-order valence-electron chi connectivity index (χ1n) is 11.4. The molecule has 176 valence electrons. The number of benzene rings is 2. The zero-order chi connectivity index (χ0) is 24.1. The van der Waals surface area contributed by atoms with E-state index in [0.717, 1.165) is 45.8 Å². The second-order valence-electron chi connectivity index (χ2n) is 10.0. The number of hydrogen-bond donors (Lipinski definition) is 3. The molecule has 5 rings (SSSR count). The first kappa shape index (κ1) is 22.6. The number of aromatic amines is 1. The molecule has 1 amide bonds. The van der Waals surface area contributed by atoms with Gasteiger partial charge in [-0.15, -0.1) is 11.3 Å². The van der Waals surface area contributed by atoms with Crippen LogP contribution in [0, 0.1) is 0 Å². The number of alkyl carbamates (subject to hydrolysis) is 1. The fourth-order valence-electron chi connectivity index (χ4n) is 4.62. The predicted octanol–water partition coefficient (Wildman–Crippen LogP) is 5.46. The lowest BCUT2D eigenvalue weighted by Gasteiger charge is -2.22. The Balaban J connectivity index is 1.50. The van der Waals surface area contributed by atoms with Crippen LogP contribution in [0.1, 0.15) is 44.7 Å². The van der Waals surface area contributed by atoms with Gasteiger partial charge in [0.25, 0.3) is 5.56 Å². The van der Waals surface area contributed by atoms with Gasteiger partial charge in [-0.05, 0) is 73.4 Å². The Hall–Kier alpha value is -3.16. The van der Waals surface area contributed by atoms with E-state index in [1.807, 2.05) is 44.4 Å². The summed E-state index contributed by atoms with van der Waals surface area (Å²) in [7, 11) is 0. The van der Waals surface area contributed by atoms with Crippen LogP contribution in [0.3, 0.4) is 0 Å². The summed E-state index contributed by atoms with van der Waals surface area (Å²) in [6, 6.07) is 14.1. The average Bonchev–Trinajstić information content (AvgIpc) is 3.42. The molecule has 0 atom stereocenters. The van der Waals surface area contributed by atoms with Crippen molar-refractivity contribution in [1.29, 1.82) is 0 Å². The number of carbonyl (C=O) groups is 1. The Morgan fingerprint density at radius 1 is 1.15 bits per heavy atom. The number of H-pyrrole nitrogens is 1. The molecule has 0 spiro atoms. The third-order valence-corrected chi connectivity index (χ3v) is 7.37. The number of ether oxygens (including phenoxy) is 1. The Labute approximate surface area is 201 Å². The van der Waals surface area contributed by atoms with Crippen molar-refractivity contribution in [1.82, 2.24) is 10.3 Å². The molecule has 0 bridgehead atoms. The number of rotatable bonds is 5. The minimum absolute atomic E-state index is 0.0696. The smallest absolute Gasteiger partial charge is 0.407 e. The molecular formula is C27H28N2O4S. The Morgan fingerprint density at radius 3 is 2.53 bits per heavy atom. The maximum atomic E-state index is 12.5. The molecule has 4 aromatic rings. The molecule has 0 saturated heterocycles. The molecule has 0 aliphatic heterocycles. The summed E-state index contributed by atoms with van der Waals surface area (Å²) in [5.41, 5.74) is 3.97. The lowest BCUT2D eigenvalue weighted by molar-refractivity contribution is 0.0522. The number of hydrogen-bond acceptors (Lipinski definition) is 5. The van der Waals surface area contributed by atoms with Crippen molar-refractivity contribution >= 4 is 38.4 Å². The molecule has 0 radical (unpaired) electrons. The summed E-state index contributed by atoms with van der Waals surface area (Å²) >= 11 is 1.42. The molecular weight excluding hydrogens is 448 g/mol. The van der Waals surface area contributed by atoms with E-state index >= 15 is 0 Å². The van der Waals surface area contributed by atoms with E-state index in [1.54, 1.807) is 0 Å². The first-order chi connectivity index (χ1) is 16.2. The summed E-state index contributed by atoms with van der Waals surface area (Å²) in [4.78, 5) is 27.6. The van der Waals surface area contributed by atoms with Crippen molar-refractivity contribution in [2.45, 2.75) is 51.2 Å². The average molecular weight is 477 g/mol. The summed E-state index contributed by atoms with van der Waals surface area (Å²) < 4.78 is 6.06. The first-order valence-corrected chi connectivity index (χ1v) is 12.3. The van der Waals surface area contributed by atoms with Gasteiger partial charge in [0.15, 0.2) is 0 Å². The molecule has 2 aromatic heterocycles. The summed E-state index contributed by atoms with van der Waals surface area (Å²) in [6.07, 6.45) is 1.62. The number of aromatic nitrogens is 1. The van der Waals surface area contributed by atoms with Gasteiger partial charge in [-0.25, -0.2) is 4.79 Å². The third kappa shape index (κ3) is 4.10. The van der Waals surface area contributed by atoms with E-state index < -0.39 is 11.7 Å². The Kier molecular flexibility index (Phi) is 5.49. The molecule has 1 aliphatic carbocycles. The maximum Gasteiger partial charge on any atom is 0.407 e. The fourth-order valence-corrected chi connectivity index (χ4v) is 5.41. The number of aliphatic hydroxyl groups excluding tert-OH is 1. The summed E-state index contributed by atoms with van der Waals surface area (Å²) in [5, 5.41) is 16.8. The van der Waals surface area contributed by atoms with Crippen LogP contribution in [0.2, 0.25) is 0 Å². The van der Waals surface area contributed by atoms with Crippen LogP contribution >= 0.6 is 11.3 Å². The minimum atomic E-state index is -0.524. The van der Waals surface area contributed by atoms with E-state index in [4.69, 9.17) is 4.74 Å². The van der Waals surface area contributed by atoms with Gasteiger partial charge in [0.1, 0.15) is 10.3 Å². The van der Waals surface area contributed by atoms with E-state index in [1.165, 1.54) is 16.9 Å². The molecule has 0 unspecified atom stereocenters. The molecule has 3 N–H and O–H groups in total. The summed E-state index contributed by atoms with van der Waals surface area (Å²) in [6.45, 7) is 6.00. The number of aliphatic hydroxyl groups is 1. The fraction of sp³-hybridized carbons (Fsp3) is 0.333. The van der Waals surface area contributed by atoms with Gasteiger partial charge in [-0.1, -0.05) is 30.3 Å². The lowest BCUT2D eigenvalue weighted by Crippen LogP contribution is -2.37. The van der Waals surface area contributed by atoms with Crippen molar-refractivity contribution in [3.05, 3.63) is 69.3 Å². The Bertz CT molecular complexity index is 1440. The molecule has 6 nitrogen and oxygen atoms in total. The van der Waals surface area contributed by atoms with E-state index in [9.17, 15) is 14.7 Å². The predicted molar refractivity (Wildman–Crippen MR) is 136 cm³/mol. The van der Waals surface area contributed by atoms with Crippen LogP contribution in [0.4, 0.5) is 4.79 Å². The summed E-state index contributed by atoms with van der Waals surface area (Å²) in [5.74, 6) is 0. The third-order valence-electron chi connectivity index (χ3n) is 6.46. The number of nitrogens with one attached hydrogen (secondary N) is 2. The molecule has 34 heavy (non-hydrogen) atoms. The quantitative estimate of drug-likeness (QED) is 0.357. The second-order valence-corrected chi connectivity index (χ2v) is 10.9. The van der Waals surface area contributed by atoms with Gasteiger partial charge >= 0.3 is 6.09 Å². The number of thiophene rings is 1. The van der Waals surface area contributed by atoms with Crippen molar-refractivity contribution < 1.29 is 14.6 Å². The zero-order valence-corrected chi connectivity index (χ0v) is 20.3. The second kappa shape index (κ2) is 8.25. The largest absolute Gasteiger partial charge is 0.444 e. The highest BCUT2D eigenvalue weighted by Crippen LogP contribution is 2.48. The van der Waals surface area contributed by atoms with Gasteiger partial charge in [-0.2, -0.15) is 0 Å². The highest BCUT2D eigenvalue weighted by atomic mass is 32.1. The van der Waals surface area contributed by atoms with E-state index in [2.05, 4.69) is 34.6 Å². The van der Waals surface area contributed by atoms with Crippen molar-refractivity contribution in [3.63, 3.8) is 0 Å². The minimum Gasteiger partial charge on any atom is -0.444 e. The SMILES string of the molecule is CC(C)(C)OC(=O)NCC1(c2ccc(-c3c(CO)ccc4[nH]c(=O)c5sccc5c34)cc2)CC1. The highest BCUT2D eigenvalue weighted by Gasteiger charge is 2.44. The topological polar surface area (TPSA) is 91.4 Å². The normalized spacial score (nSPS) is 14.9. The lowest BCUT2D eigenvalue weighted by atomic mass is 9.90. The zero-order valence-electron chi connectivity index (χ0n) is 19.5. The molecule has 7 heteroatoms. The van der Waals surface area contributed by atoms with Crippen molar-refractivity contribution in [2.24, 2.45) is 0 Å². The van der Waals surface area contributed by atoms with E-state index in [0.29, 0.717) is 11.2 Å². The van der Waals surface area contributed by atoms with Gasteiger partial charge in [-0.3, -0.25) is 4.79 Å². The molecule has 1 aliphatic rings. The molecule has 1 saturated carbocycles. The van der Waals surface area contributed by atoms with Crippen molar-refractivity contribution in [3.8, 4) is 11.1 Å².